The molecule has 0 bridgehead atoms. The lowest BCUT2D eigenvalue weighted by Crippen LogP contribution is -2.30. The van der Waals surface area contributed by atoms with Gasteiger partial charge in [0.1, 0.15) is 5.65 Å². The molecule has 2 aromatic heterocycles. The van der Waals surface area contributed by atoms with Crippen LogP contribution < -0.4 is 10.0 Å². The largest absolute Gasteiger partial charge is 0.381 e. The minimum Gasteiger partial charge on any atom is -0.381 e. The van der Waals surface area contributed by atoms with Crippen LogP contribution in [0.5, 0.6) is 0 Å². The molecule has 1 atom stereocenters. The highest BCUT2D eigenvalue weighted by molar-refractivity contribution is 7.89. The quantitative estimate of drug-likeness (QED) is 0.849. The van der Waals surface area contributed by atoms with E-state index in [-0.39, 0.29) is 10.9 Å². The van der Waals surface area contributed by atoms with Gasteiger partial charge in [-0.05, 0) is 24.5 Å². The zero-order valence-corrected chi connectivity index (χ0v) is 12.6. The first kappa shape index (κ1) is 14.3. The van der Waals surface area contributed by atoms with Crippen molar-refractivity contribution in [2.45, 2.75) is 11.4 Å². The number of nitrogens with one attached hydrogen (secondary N) is 2. The highest BCUT2D eigenvalue weighted by Gasteiger charge is 2.26. The fourth-order valence-electron chi connectivity index (χ4n) is 2.43. The second-order valence-corrected chi connectivity index (χ2v) is 6.71. The number of pyridine rings is 1. The summed E-state index contributed by atoms with van der Waals surface area (Å²) in [6, 6.07) is 5.37. The number of anilines is 1. The second kappa shape index (κ2) is 5.63. The van der Waals surface area contributed by atoms with Crippen LogP contribution in [0.15, 0.2) is 29.4 Å². The molecule has 0 amide bonds. The third kappa shape index (κ3) is 2.74. The standard InChI is InChI=1S/C13H18N4O3S/c1-14-12-13(17-6-3-2-4-11(17)16-12)21(18,19)15-8-10-5-7-20-9-10/h2-4,6,10,14-15H,5,7-9H2,1H3. The van der Waals surface area contributed by atoms with Gasteiger partial charge in [-0.3, -0.25) is 4.40 Å². The zero-order valence-electron chi connectivity index (χ0n) is 11.7. The summed E-state index contributed by atoms with van der Waals surface area (Å²) < 4.78 is 34.7. The van der Waals surface area contributed by atoms with E-state index in [1.807, 2.05) is 6.07 Å². The molecule has 1 aliphatic rings. The number of fused-ring (bicyclic) bond motifs is 1. The maximum absolute atomic E-state index is 12.6. The van der Waals surface area contributed by atoms with Gasteiger partial charge in [-0.25, -0.2) is 18.1 Å². The lowest BCUT2D eigenvalue weighted by atomic mass is 10.1. The third-order valence-corrected chi connectivity index (χ3v) is 5.01. The van der Waals surface area contributed by atoms with E-state index in [0.29, 0.717) is 31.2 Å². The highest BCUT2D eigenvalue weighted by atomic mass is 32.2. The molecule has 0 aliphatic carbocycles. The van der Waals surface area contributed by atoms with E-state index in [2.05, 4.69) is 15.0 Å². The fourth-order valence-corrected chi connectivity index (χ4v) is 3.84. The van der Waals surface area contributed by atoms with Gasteiger partial charge in [-0.2, -0.15) is 0 Å². The van der Waals surface area contributed by atoms with Crippen molar-refractivity contribution in [1.29, 1.82) is 0 Å². The molecule has 1 saturated heterocycles. The third-order valence-electron chi connectivity index (χ3n) is 3.56. The molecule has 7 nitrogen and oxygen atoms in total. The Morgan fingerprint density at radius 2 is 2.33 bits per heavy atom. The molecule has 2 aromatic rings. The molecule has 1 unspecified atom stereocenters. The molecule has 0 aromatic carbocycles. The Kier molecular flexibility index (Phi) is 3.83. The van der Waals surface area contributed by atoms with Gasteiger partial charge >= 0.3 is 0 Å². The number of hydrogen-bond donors (Lipinski definition) is 2. The molecule has 1 aliphatic heterocycles. The number of rotatable bonds is 5. The van der Waals surface area contributed by atoms with Gasteiger partial charge in [-0.1, -0.05) is 6.07 Å². The molecular formula is C13H18N4O3S. The summed E-state index contributed by atoms with van der Waals surface area (Å²) in [6.45, 7) is 1.68. The molecule has 114 valence electrons. The van der Waals surface area contributed by atoms with E-state index in [1.165, 1.54) is 0 Å². The fraction of sp³-hybridized carbons (Fsp3) is 0.462. The number of nitrogens with zero attached hydrogens (tertiary/aromatic N) is 2. The molecule has 3 rings (SSSR count). The van der Waals surface area contributed by atoms with Crippen molar-refractivity contribution in [3.63, 3.8) is 0 Å². The molecule has 8 heteroatoms. The van der Waals surface area contributed by atoms with Crippen molar-refractivity contribution in [3.05, 3.63) is 24.4 Å². The van der Waals surface area contributed by atoms with Crippen LogP contribution in [0.1, 0.15) is 6.42 Å². The molecule has 0 spiro atoms. The number of aromatic nitrogens is 2. The van der Waals surface area contributed by atoms with E-state index < -0.39 is 10.0 Å². The first-order chi connectivity index (χ1) is 10.1. The predicted molar refractivity (Wildman–Crippen MR) is 78.9 cm³/mol. The number of imidazole rings is 1. The second-order valence-electron chi connectivity index (χ2n) is 5.03. The molecular weight excluding hydrogens is 292 g/mol. The molecule has 1 fully saturated rings. The van der Waals surface area contributed by atoms with E-state index >= 15 is 0 Å². The van der Waals surface area contributed by atoms with Gasteiger partial charge in [0.25, 0.3) is 10.0 Å². The van der Waals surface area contributed by atoms with Crippen LogP contribution in [0.2, 0.25) is 0 Å². The normalized spacial score (nSPS) is 19.2. The molecule has 21 heavy (non-hydrogen) atoms. The zero-order chi connectivity index (χ0) is 14.9. The van der Waals surface area contributed by atoms with Crippen molar-refractivity contribution in [2.75, 3.05) is 32.1 Å². The van der Waals surface area contributed by atoms with Crippen LogP contribution in [0.25, 0.3) is 5.65 Å². The number of hydrogen-bond acceptors (Lipinski definition) is 5. The Hall–Kier alpha value is -1.64. The Labute approximate surface area is 123 Å². The van der Waals surface area contributed by atoms with Crippen molar-refractivity contribution in [2.24, 2.45) is 5.92 Å². The van der Waals surface area contributed by atoms with Gasteiger partial charge in [0, 0.05) is 26.4 Å². The van der Waals surface area contributed by atoms with Crippen molar-refractivity contribution < 1.29 is 13.2 Å². The monoisotopic (exact) mass is 310 g/mol. The maximum Gasteiger partial charge on any atom is 0.260 e. The summed E-state index contributed by atoms with van der Waals surface area (Å²) >= 11 is 0. The molecule has 0 saturated carbocycles. The average Bonchev–Trinajstić information content (AvgIpc) is 3.12. The van der Waals surface area contributed by atoms with E-state index in [0.717, 1.165) is 6.42 Å². The Bertz CT molecular complexity index is 735. The first-order valence-corrected chi connectivity index (χ1v) is 8.32. The lowest BCUT2D eigenvalue weighted by Gasteiger charge is -2.11. The van der Waals surface area contributed by atoms with Gasteiger partial charge in [0.2, 0.25) is 0 Å². The maximum atomic E-state index is 12.6. The van der Waals surface area contributed by atoms with Gasteiger partial charge in [0.05, 0.1) is 6.61 Å². The topological polar surface area (TPSA) is 84.7 Å². The van der Waals surface area contributed by atoms with E-state index in [1.54, 1.807) is 29.8 Å². The van der Waals surface area contributed by atoms with E-state index in [4.69, 9.17) is 4.74 Å². The minimum absolute atomic E-state index is 0.138. The summed E-state index contributed by atoms with van der Waals surface area (Å²) in [5.41, 5.74) is 0.589. The van der Waals surface area contributed by atoms with Gasteiger partial charge in [-0.15, -0.1) is 0 Å². The van der Waals surface area contributed by atoms with Gasteiger partial charge in [0.15, 0.2) is 10.8 Å². The Balaban J connectivity index is 1.93. The van der Waals surface area contributed by atoms with Crippen LogP contribution >= 0.6 is 0 Å². The van der Waals surface area contributed by atoms with Crippen LogP contribution in [-0.2, 0) is 14.8 Å². The smallest absolute Gasteiger partial charge is 0.260 e. The van der Waals surface area contributed by atoms with Crippen LogP contribution in [0.3, 0.4) is 0 Å². The predicted octanol–water partition coefficient (Wildman–Crippen LogP) is 0.691. The summed E-state index contributed by atoms with van der Waals surface area (Å²) in [7, 11) is -1.98. The number of ether oxygens (including phenoxy) is 1. The Morgan fingerprint density at radius 3 is 3.05 bits per heavy atom. The Morgan fingerprint density at radius 1 is 1.48 bits per heavy atom. The lowest BCUT2D eigenvalue weighted by molar-refractivity contribution is 0.186. The minimum atomic E-state index is -3.64. The van der Waals surface area contributed by atoms with E-state index in [9.17, 15) is 8.42 Å². The highest BCUT2D eigenvalue weighted by Crippen LogP contribution is 2.22. The SMILES string of the molecule is CNc1nc2ccccn2c1S(=O)(=O)NCC1CCOC1. The molecule has 0 radical (unpaired) electrons. The summed E-state index contributed by atoms with van der Waals surface area (Å²) in [6.07, 6.45) is 2.57. The average molecular weight is 310 g/mol. The van der Waals surface area contributed by atoms with Crippen molar-refractivity contribution in [1.82, 2.24) is 14.1 Å². The summed E-state index contributed by atoms with van der Waals surface area (Å²) in [5, 5.41) is 2.98. The van der Waals surface area contributed by atoms with Crippen molar-refractivity contribution in [3.8, 4) is 0 Å². The van der Waals surface area contributed by atoms with Crippen molar-refractivity contribution >= 4 is 21.5 Å². The summed E-state index contributed by atoms with van der Waals surface area (Å²) in [5.74, 6) is 0.577. The summed E-state index contributed by atoms with van der Waals surface area (Å²) in [4.78, 5) is 4.29. The van der Waals surface area contributed by atoms with Gasteiger partial charge < -0.3 is 10.1 Å². The van der Waals surface area contributed by atoms with Crippen LogP contribution in [0.4, 0.5) is 5.82 Å². The van der Waals surface area contributed by atoms with Crippen LogP contribution in [0, 0.1) is 5.92 Å². The van der Waals surface area contributed by atoms with Crippen LogP contribution in [-0.4, -0.2) is 44.6 Å². The first-order valence-electron chi connectivity index (χ1n) is 6.84. The molecule has 3 heterocycles. The molecule has 2 N–H and O–H groups in total. The number of sulfonamides is 1.